The van der Waals surface area contributed by atoms with E-state index >= 15 is 0 Å². The highest BCUT2D eigenvalue weighted by Gasteiger charge is 2.47. The summed E-state index contributed by atoms with van der Waals surface area (Å²) in [6, 6.07) is 1.21. The Bertz CT molecular complexity index is 956. The molecule has 1 fully saturated rings. The third kappa shape index (κ3) is 6.92. The third-order valence-corrected chi connectivity index (χ3v) is 8.57. The Morgan fingerprint density at radius 1 is 1.21 bits per heavy atom. The first-order valence-corrected chi connectivity index (χ1v) is 12.7. The number of alkyl halides is 1. The standard InChI is InChI=1S/C9H15FN3O12P3S/c10-6-7(14)4(29-8(6)13-2-1-5(11)12-9(13)15)3-23-27(19,20)25-28(21,22)24-26(16,17)18/h1-2,4,6-8,14H,3H2,(H,19,20)(H,21,22)(H2,11,12,15)(H2,16,17,18)/t4-,6+,7-,8-/m1/s1. The minimum absolute atomic E-state index is 0.116. The first kappa shape index (κ1) is 24.6. The number of aromatic nitrogens is 2. The molecule has 15 nitrogen and oxygen atoms in total. The van der Waals surface area contributed by atoms with Gasteiger partial charge in [-0.05, 0) is 6.07 Å². The summed E-state index contributed by atoms with van der Waals surface area (Å²) in [5, 5.41) is 7.40. The molecule has 1 aromatic rings. The van der Waals surface area contributed by atoms with Crippen LogP contribution < -0.4 is 11.4 Å². The maximum absolute atomic E-state index is 14.4. The van der Waals surface area contributed by atoms with Crippen molar-refractivity contribution in [1.29, 1.82) is 0 Å². The number of aliphatic hydroxyl groups excluding tert-OH is 1. The monoisotopic (exact) mass is 501 g/mol. The average Bonchev–Trinajstić information content (AvgIpc) is 2.78. The zero-order valence-electron chi connectivity index (χ0n) is 13.9. The van der Waals surface area contributed by atoms with E-state index in [1.165, 1.54) is 6.07 Å². The van der Waals surface area contributed by atoms with Gasteiger partial charge in [-0.2, -0.15) is 13.6 Å². The van der Waals surface area contributed by atoms with Crippen molar-refractivity contribution in [3.8, 4) is 0 Å². The molecule has 0 aromatic carbocycles. The zero-order chi connectivity index (χ0) is 22.2. The Labute approximate surface area is 165 Å². The van der Waals surface area contributed by atoms with Crippen molar-refractivity contribution in [2.24, 2.45) is 0 Å². The quantitative estimate of drug-likeness (QED) is 0.246. The molecule has 1 aliphatic rings. The summed E-state index contributed by atoms with van der Waals surface area (Å²) >= 11 is 0.626. The number of anilines is 1. The van der Waals surface area contributed by atoms with Gasteiger partial charge in [0.1, 0.15) is 17.3 Å². The molecule has 2 unspecified atom stereocenters. The van der Waals surface area contributed by atoms with E-state index in [1.807, 2.05) is 0 Å². The highest BCUT2D eigenvalue weighted by atomic mass is 32.2. The van der Waals surface area contributed by atoms with Crippen LogP contribution in [-0.4, -0.2) is 58.4 Å². The highest BCUT2D eigenvalue weighted by molar-refractivity contribution is 8.00. The second-order valence-corrected chi connectivity index (χ2v) is 11.2. The van der Waals surface area contributed by atoms with Crippen LogP contribution in [-0.2, 0) is 26.8 Å². The molecule has 29 heavy (non-hydrogen) atoms. The van der Waals surface area contributed by atoms with E-state index in [9.17, 15) is 32.9 Å². The molecule has 7 N–H and O–H groups in total. The van der Waals surface area contributed by atoms with Crippen molar-refractivity contribution in [2.75, 3.05) is 12.3 Å². The maximum atomic E-state index is 14.4. The van der Waals surface area contributed by atoms with Gasteiger partial charge >= 0.3 is 29.2 Å². The molecule has 0 saturated carbocycles. The number of hydrogen-bond acceptors (Lipinski definition) is 11. The van der Waals surface area contributed by atoms with Crippen molar-refractivity contribution < 1.29 is 55.9 Å². The summed E-state index contributed by atoms with van der Waals surface area (Å²) < 4.78 is 60.1. The van der Waals surface area contributed by atoms with Crippen LogP contribution in [0.4, 0.5) is 10.2 Å². The Morgan fingerprint density at radius 3 is 2.38 bits per heavy atom. The molecule has 0 radical (unpaired) electrons. The smallest absolute Gasteiger partial charge is 0.389 e. The molecule has 1 saturated heterocycles. The molecule has 1 aliphatic heterocycles. The van der Waals surface area contributed by atoms with E-state index in [4.69, 9.17) is 20.4 Å². The van der Waals surface area contributed by atoms with E-state index in [1.54, 1.807) is 0 Å². The summed E-state index contributed by atoms with van der Waals surface area (Å²) in [6.45, 7) is -0.913. The van der Waals surface area contributed by atoms with Gasteiger partial charge in [0.05, 0.1) is 11.9 Å². The normalized spacial score (nSPS) is 29.3. The molecule has 2 rings (SSSR count). The van der Waals surface area contributed by atoms with Gasteiger partial charge in [0.15, 0.2) is 6.17 Å². The van der Waals surface area contributed by atoms with Gasteiger partial charge in [0.2, 0.25) is 0 Å². The number of thioether (sulfide) groups is 1. The molecule has 166 valence electrons. The lowest BCUT2D eigenvalue weighted by atomic mass is 10.1. The summed E-state index contributed by atoms with van der Waals surface area (Å²) in [5.41, 5.74) is 4.42. The fourth-order valence-electron chi connectivity index (χ4n) is 2.16. The average molecular weight is 501 g/mol. The SMILES string of the molecule is Nc1ccn([C@@H]2S[C@H](COP(=O)(O)OP(=O)(O)OP(=O)(O)O)[C@@H](O)[C@@H]2F)c(=O)n1. The summed E-state index contributed by atoms with van der Waals surface area (Å²) in [5.74, 6) is -0.116. The fraction of sp³-hybridized carbons (Fsp3) is 0.556. The van der Waals surface area contributed by atoms with Gasteiger partial charge in [0.25, 0.3) is 0 Å². The molecule has 1 aromatic heterocycles. The van der Waals surface area contributed by atoms with E-state index < -0.39 is 58.7 Å². The lowest BCUT2D eigenvalue weighted by molar-refractivity contribution is 0.0615. The minimum Gasteiger partial charge on any atom is -0.389 e. The number of nitrogen functional groups attached to an aromatic ring is 1. The molecule has 0 aliphatic carbocycles. The Morgan fingerprint density at radius 2 is 1.83 bits per heavy atom. The Kier molecular flexibility index (Phi) is 7.49. The van der Waals surface area contributed by atoms with E-state index in [0.29, 0.717) is 11.8 Å². The van der Waals surface area contributed by atoms with Crippen LogP contribution in [0.2, 0.25) is 0 Å². The van der Waals surface area contributed by atoms with Crippen molar-refractivity contribution in [1.82, 2.24) is 9.55 Å². The maximum Gasteiger partial charge on any atom is 0.490 e. The number of rotatable bonds is 8. The predicted molar refractivity (Wildman–Crippen MR) is 94.0 cm³/mol. The van der Waals surface area contributed by atoms with Crippen molar-refractivity contribution in [3.05, 3.63) is 22.7 Å². The number of nitrogens with zero attached hydrogens (tertiary/aromatic N) is 2. The number of phosphoric ester groups is 1. The van der Waals surface area contributed by atoms with Crippen LogP contribution in [0.1, 0.15) is 5.37 Å². The number of nitrogens with two attached hydrogens (primary N) is 1. The highest BCUT2D eigenvalue weighted by Crippen LogP contribution is 2.66. The molecule has 2 heterocycles. The minimum atomic E-state index is -5.71. The van der Waals surface area contributed by atoms with Crippen LogP contribution in [0, 0.1) is 0 Å². The van der Waals surface area contributed by atoms with E-state index in [2.05, 4.69) is 18.1 Å². The largest absolute Gasteiger partial charge is 0.490 e. The second-order valence-electron chi connectivity index (χ2n) is 5.43. The van der Waals surface area contributed by atoms with Crippen molar-refractivity contribution >= 4 is 41.0 Å². The molecule has 0 spiro atoms. The summed E-state index contributed by atoms with van der Waals surface area (Å²) in [7, 11) is -16.7. The third-order valence-electron chi connectivity index (χ3n) is 3.24. The lowest BCUT2D eigenvalue weighted by Crippen LogP contribution is -2.33. The van der Waals surface area contributed by atoms with Gasteiger partial charge in [-0.3, -0.25) is 9.09 Å². The first-order chi connectivity index (χ1) is 13.1. The fourth-order valence-corrected chi connectivity index (χ4v) is 6.72. The number of aliphatic hydroxyl groups is 1. The van der Waals surface area contributed by atoms with Gasteiger partial charge in [-0.15, -0.1) is 11.8 Å². The van der Waals surface area contributed by atoms with E-state index in [-0.39, 0.29) is 5.82 Å². The van der Waals surface area contributed by atoms with Gasteiger partial charge in [-0.25, -0.2) is 22.9 Å². The number of hydrogen-bond donors (Lipinski definition) is 6. The summed E-state index contributed by atoms with van der Waals surface area (Å²) in [4.78, 5) is 50.6. The number of phosphoric acid groups is 3. The molecular formula is C9H15FN3O12P3S. The Balaban J connectivity index is 2.05. The van der Waals surface area contributed by atoms with Gasteiger partial charge in [-0.1, -0.05) is 0 Å². The second kappa shape index (κ2) is 8.83. The molecule has 0 bridgehead atoms. The molecule has 6 atom stereocenters. The number of halogens is 1. The Hall–Kier alpha value is -0.670. The van der Waals surface area contributed by atoms with Gasteiger partial charge < -0.3 is 30.4 Å². The van der Waals surface area contributed by atoms with Crippen LogP contribution in [0.25, 0.3) is 0 Å². The zero-order valence-corrected chi connectivity index (χ0v) is 17.4. The van der Waals surface area contributed by atoms with Gasteiger partial charge in [0, 0.05) is 6.20 Å². The predicted octanol–water partition coefficient (Wildman–Crippen LogP) is -0.518. The van der Waals surface area contributed by atoms with Crippen LogP contribution in [0.3, 0.4) is 0 Å². The summed E-state index contributed by atoms with van der Waals surface area (Å²) in [6.07, 6.45) is -2.69. The van der Waals surface area contributed by atoms with Crippen LogP contribution in [0.15, 0.2) is 17.1 Å². The molecule has 20 heteroatoms. The van der Waals surface area contributed by atoms with Crippen molar-refractivity contribution in [3.63, 3.8) is 0 Å². The molecular weight excluding hydrogens is 486 g/mol. The van der Waals surface area contributed by atoms with Crippen LogP contribution in [0.5, 0.6) is 0 Å². The van der Waals surface area contributed by atoms with Crippen LogP contribution >= 0.6 is 35.2 Å². The lowest BCUT2D eigenvalue weighted by Gasteiger charge is -2.18. The molecule has 0 amide bonds. The topological polar surface area (TPSA) is 241 Å². The van der Waals surface area contributed by atoms with Crippen molar-refractivity contribution in [2.45, 2.75) is 22.9 Å². The first-order valence-electron chi connectivity index (χ1n) is 7.21. The van der Waals surface area contributed by atoms with E-state index in [0.717, 1.165) is 10.8 Å².